The smallest absolute Gasteiger partial charge is 0.256 e. The molecule has 6 heteroatoms. The lowest BCUT2D eigenvalue weighted by Crippen LogP contribution is -2.05. The van der Waals surface area contributed by atoms with E-state index in [9.17, 15) is 4.39 Å². The van der Waals surface area contributed by atoms with Gasteiger partial charge in [-0.1, -0.05) is 6.07 Å². The van der Waals surface area contributed by atoms with Gasteiger partial charge in [0.15, 0.2) is 0 Å². The number of halogens is 1. The molecule has 1 aromatic carbocycles. The third-order valence-corrected chi connectivity index (χ3v) is 3.91. The van der Waals surface area contributed by atoms with Crippen LogP contribution in [-0.2, 0) is 12.8 Å². The average Bonchev–Trinajstić information content (AvgIpc) is 3.11. The molecule has 0 amide bonds. The fourth-order valence-corrected chi connectivity index (χ4v) is 2.78. The Balaban J connectivity index is 1.85. The summed E-state index contributed by atoms with van der Waals surface area (Å²) in [7, 11) is 0. The highest BCUT2D eigenvalue weighted by molar-refractivity contribution is 5.64. The van der Waals surface area contributed by atoms with Crippen LogP contribution in [0.4, 0.5) is 15.9 Å². The highest BCUT2D eigenvalue weighted by Gasteiger charge is 2.20. The highest BCUT2D eigenvalue weighted by Crippen LogP contribution is 2.30. The van der Waals surface area contributed by atoms with E-state index in [4.69, 9.17) is 0 Å². The maximum Gasteiger partial charge on any atom is 0.256 e. The van der Waals surface area contributed by atoms with Crippen molar-refractivity contribution in [2.45, 2.75) is 26.2 Å². The standard InChI is InChI=1S/C15H14FN5/c1-9-5-6-10(7-12(9)16)18-14-11-3-2-4-13(11)19-15-20-17-8-21(14)15/h5-8,18H,2-4H2,1H3. The number of hydrogen-bond acceptors (Lipinski definition) is 4. The Kier molecular flexibility index (Phi) is 2.63. The fourth-order valence-electron chi connectivity index (χ4n) is 2.78. The second-order valence-corrected chi connectivity index (χ2v) is 5.33. The molecule has 5 nitrogen and oxygen atoms in total. The van der Waals surface area contributed by atoms with Gasteiger partial charge in [-0.05, 0) is 43.9 Å². The number of nitrogens with one attached hydrogen (secondary N) is 1. The average molecular weight is 283 g/mol. The van der Waals surface area contributed by atoms with E-state index in [1.54, 1.807) is 19.3 Å². The summed E-state index contributed by atoms with van der Waals surface area (Å²) in [5.74, 6) is 1.25. The molecule has 0 unspecified atom stereocenters. The minimum Gasteiger partial charge on any atom is -0.341 e. The van der Waals surface area contributed by atoms with Crippen molar-refractivity contribution >= 4 is 17.3 Å². The van der Waals surface area contributed by atoms with E-state index in [1.807, 2.05) is 10.5 Å². The first-order chi connectivity index (χ1) is 10.2. The van der Waals surface area contributed by atoms with Gasteiger partial charge in [-0.15, -0.1) is 10.2 Å². The summed E-state index contributed by atoms with van der Waals surface area (Å²) in [5.41, 5.74) is 3.58. The second kappa shape index (κ2) is 4.51. The summed E-state index contributed by atoms with van der Waals surface area (Å²) in [6, 6.07) is 5.14. The summed E-state index contributed by atoms with van der Waals surface area (Å²) in [5, 5.41) is 11.2. The number of anilines is 2. The largest absolute Gasteiger partial charge is 0.341 e. The lowest BCUT2D eigenvalue weighted by Gasteiger charge is -2.13. The van der Waals surface area contributed by atoms with E-state index in [2.05, 4.69) is 20.5 Å². The first kappa shape index (κ1) is 12.3. The maximum atomic E-state index is 13.7. The molecule has 0 atom stereocenters. The lowest BCUT2D eigenvalue weighted by molar-refractivity contribution is 0.619. The SMILES string of the molecule is Cc1ccc(Nc2c3c(nc4nncn24)CCC3)cc1F. The van der Waals surface area contributed by atoms with Gasteiger partial charge in [0.05, 0.1) is 5.69 Å². The minimum absolute atomic E-state index is 0.217. The monoisotopic (exact) mass is 283 g/mol. The minimum atomic E-state index is -0.217. The molecule has 4 rings (SSSR count). The predicted octanol–water partition coefficient (Wildman–Crippen LogP) is 2.80. The number of fused-ring (bicyclic) bond motifs is 2. The molecule has 21 heavy (non-hydrogen) atoms. The molecule has 0 saturated heterocycles. The molecule has 2 heterocycles. The number of aryl methyl sites for hydroxylation is 2. The Morgan fingerprint density at radius 1 is 1.29 bits per heavy atom. The van der Waals surface area contributed by atoms with Crippen molar-refractivity contribution in [1.82, 2.24) is 19.6 Å². The molecule has 2 aromatic heterocycles. The molecule has 0 fully saturated rings. The van der Waals surface area contributed by atoms with E-state index < -0.39 is 0 Å². The molecular formula is C15H14FN5. The molecule has 1 N–H and O–H groups in total. The Bertz CT molecular complexity index is 839. The van der Waals surface area contributed by atoms with Crippen LogP contribution in [0.3, 0.4) is 0 Å². The number of nitrogens with zero attached hydrogens (tertiary/aromatic N) is 4. The third-order valence-electron chi connectivity index (χ3n) is 3.91. The van der Waals surface area contributed by atoms with E-state index in [0.29, 0.717) is 17.0 Å². The van der Waals surface area contributed by atoms with E-state index >= 15 is 0 Å². The first-order valence-electron chi connectivity index (χ1n) is 6.97. The van der Waals surface area contributed by atoms with Gasteiger partial charge in [0, 0.05) is 11.3 Å². The Morgan fingerprint density at radius 3 is 3.05 bits per heavy atom. The second-order valence-electron chi connectivity index (χ2n) is 5.33. The van der Waals surface area contributed by atoms with Crippen LogP contribution in [-0.4, -0.2) is 19.6 Å². The van der Waals surface area contributed by atoms with Gasteiger partial charge in [0.2, 0.25) is 0 Å². The van der Waals surface area contributed by atoms with Crippen molar-refractivity contribution in [2.75, 3.05) is 5.32 Å². The molecule has 1 aliphatic rings. The van der Waals surface area contributed by atoms with E-state index in [-0.39, 0.29) is 5.82 Å². The normalized spacial score (nSPS) is 13.6. The van der Waals surface area contributed by atoms with Crippen molar-refractivity contribution in [1.29, 1.82) is 0 Å². The molecule has 3 aromatic rings. The molecule has 0 radical (unpaired) electrons. The maximum absolute atomic E-state index is 13.7. The predicted molar refractivity (Wildman–Crippen MR) is 77.2 cm³/mol. The Hall–Kier alpha value is -2.50. The van der Waals surface area contributed by atoms with Crippen LogP contribution < -0.4 is 5.32 Å². The zero-order valence-corrected chi connectivity index (χ0v) is 11.6. The van der Waals surface area contributed by atoms with Crippen molar-refractivity contribution in [3.8, 4) is 0 Å². The number of rotatable bonds is 2. The third kappa shape index (κ3) is 1.94. The molecule has 106 valence electrons. The van der Waals surface area contributed by atoms with Gasteiger partial charge in [-0.3, -0.25) is 4.40 Å². The summed E-state index contributed by atoms with van der Waals surface area (Å²) in [6.07, 6.45) is 4.64. The molecule has 0 spiro atoms. The van der Waals surface area contributed by atoms with Gasteiger partial charge >= 0.3 is 0 Å². The first-order valence-corrected chi connectivity index (χ1v) is 6.97. The van der Waals surface area contributed by atoms with E-state index in [1.165, 1.54) is 11.6 Å². The summed E-state index contributed by atoms with van der Waals surface area (Å²) >= 11 is 0. The number of hydrogen-bond donors (Lipinski definition) is 1. The highest BCUT2D eigenvalue weighted by atomic mass is 19.1. The van der Waals surface area contributed by atoms with Gasteiger partial charge in [-0.25, -0.2) is 9.37 Å². The fraction of sp³-hybridized carbons (Fsp3) is 0.267. The molecule has 1 aliphatic carbocycles. The van der Waals surface area contributed by atoms with Crippen LogP contribution in [0.1, 0.15) is 23.2 Å². The number of aromatic nitrogens is 4. The van der Waals surface area contributed by atoms with Crippen molar-refractivity contribution in [2.24, 2.45) is 0 Å². The van der Waals surface area contributed by atoms with Crippen LogP contribution in [0.5, 0.6) is 0 Å². The van der Waals surface area contributed by atoms with Crippen molar-refractivity contribution < 1.29 is 4.39 Å². The zero-order valence-electron chi connectivity index (χ0n) is 11.6. The zero-order chi connectivity index (χ0) is 14.4. The van der Waals surface area contributed by atoms with Crippen LogP contribution in [0.25, 0.3) is 5.78 Å². The summed E-state index contributed by atoms with van der Waals surface area (Å²) < 4.78 is 15.5. The van der Waals surface area contributed by atoms with Crippen molar-refractivity contribution in [3.63, 3.8) is 0 Å². The van der Waals surface area contributed by atoms with Crippen LogP contribution in [0, 0.1) is 12.7 Å². The Labute approximate surface area is 120 Å². The van der Waals surface area contributed by atoms with Gasteiger partial charge in [0.25, 0.3) is 5.78 Å². The number of benzene rings is 1. The topological polar surface area (TPSA) is 55.1 Å². The van der Waals surface area contributed by atoms with E-state index in [0.717, 1.165) is 30.8 Å². The molecule has 0 bridgehead atoms. The molecule has 0 saturated carbocycles. The van der Waals surface area contributed by atoms with Gasteiger partial charge in [-0.2, -0.15) is 0 Å². The van der Waals surface area contributed by atoms with Crippen molar-refractivity contribution in [3.05, 3.63) is 47.2 Å². The Morgan fingerprint density at radius 2 is 2.19 bits per heavy atom. The summed E-state index contributed by atoms with van der Waals surface area (Å²) in [6.45, 7) is 1.75. The van der Waals surface area contributed by atoms with Gasteiger partial charge < -0.3 is 5.32 Å². The van der Waals surface area contributed by atoms with Crippen LogP contribution in [0.15, 0.2) is 24.5 Å². The summed E-state index contributed by atoms with van der Waals surface area (Å²) in [4.78, 5) is 4.52. The quantitative estimate of drug-likeness (QED) is 0.785. The van der Waals surface area contributed by atoms with Crippen LogP contribution in [0.2, 0.25) is 0 Å². The van der Waals surface area contributed by atoms with Gasteiger partial charge in [0.1, 0.15) is 18.0 Å². The molecular weight excluding hydrogens is 269 g/mol. The lowest BCUT2D eigenvalue weighted by atomic mass is 10.2. The molecule has 0 aliphatic heterocycles. The van der Waals surface area contributed by atoms with Crippen LogP contribution >= 0.6 is 0 Å².